The van der Waals surface area contributed by atoms with Crippen molar-refractivity contribution in [3.8, 4) is 5.75 Å². The van der Waals surface area contributed by atoms with Crippen LogP contribution in [0.2, 0.25) is 0 Å². The molecule has 1 saturated heterocycles. The lowest BCUT2D eigenvalue weighted by molar-refractivity contribution is 0.370. The highest BCUT2D eigenvalue weighted by molar-refractivity contribution is 7.09. The van der Waals surface area contributed by atoms with E-state index in [9.17, 15) is 5.11 Å². The number of phenols is 1. The topological polar surface area (TPSA) is 64.0 Å². The number of rotatable bonds is 4. The third kappa shape index (κ3) is 4.22. The maximum absolute atomic E-state index is 10.0. The quantitative estimate of drug-likeness (QED) is 0.648. The van der Waals surface area contributed by atoms with Gasteiger partial charge in [0.25, 0.3) is 0 Å². The summed E-state index contributed by atoms with van der Waals surface area (Å²) in [5, 5.41) is 13.4. The molecule has 0 bridgehead atoms. The summed E-state index contributed by atoms with van der Waals surface area (Å²) < 4.78 is 0. The maximum Gasteiger partial charge on any atom is 0.194 e. The van der Waals surface area contributed by atoms with Gasteiger partial charge in [0.15, 0.2) is 5.96 Å². The van der Waals surface area contributed by atoms with Gasteiger partial charge in [0.05, 0.1) is 23.4 Å². The van der Waals surface area contributed by atoms with Gasteiger partial charge in [0, 0.05) is 37.6 Å². The highest BCUT2D eigenvalue weighted by Gasteiger charge is 2.21. The lowest BCUT2D eigenvalue weighted by Gasteiger charge is -2.37. The number of aromatic nitrogens is 1. The summed E-state index contributed by atoms with van der Waals surface area (Å²) in [5.41, 5.74) is 3.84. The van der Waals surface area contributed by atoms with Gasteiger partial charge in [0.1, 0.15) is 5.75 Å². The number of anilines is 1. The van der Waals surface area contributed by atoms with E-state index in [1.54, 1.807) is 17.4 Å². The molecule has 6 nitrogen and oxygen atoms in total. The van der Waals surface area contributed by atoms with E-state index in [1.165, 1.54) is 4.88 Å². The predicted molar refractivity (Wildman–Crippen MR) is 104 cm³/mol. The monoisotopic (exact) mass is 359 g/mol. The second-order valence-electron chi connectivity index (χ2n) is 5.99. The summed E-state index contributed by atoms with van der Waals surface area (Å²) in [6.07, 6.45) is 0. The van der Waals surface area contributed by atoms with Crippen LogP contribution in [0.1, 0.15) is 17.5 Å². The second-order valence-corrected chi connectivity index (χ2v) is 6.93. The molecule has 134 valence electrons. The zero-order chi connectivity index (χ0) is 17.6. The number of hydrogen-bond acceptors (Lipinski definition) is 5. The van der Waals surface area contributed by atoms with Crippen LogP contribution in [0, 0.1) is 6.92 Å². The van der Waals surface area contributed by atoms with Crippen molar-refractivity contribution in [1.82, 2.24) is 15.2 Å². The van der Waals surface area contributed by atoms with Gasteiger partial charge in [-0.25, -0.2) is 9.98 Å². The van der Waals surface area contributed by atoms with E-state index in [0.717, 1.165) is 50.1 Å². The molecule has 2 N–H and O–H groups in total. The average Bonchev–Trinajstić information content (AvgIpc) is 3.04. The summed E-state index contributed by atoms with van der Waals surface area (Å²) in [7, 11) is 0. The summed E-state index contributed by atoms with van der Waals surface area (Å²) in [6, 6.07) is 7.53. The van der Waals surface area contributed by atoms with Crippen LogP contribution in [0.25, 0.3) is 0 Å². The first-order chi connectivity index (χ1) is 12.2. The van der Waals surface area contributed by atoms with Crippen LogP contribution in [0.5, 0.6) is 5.75 Å². The van der Waals surface area contributed by atoms with E-state index in [4.69, 9.17) is 4.99 Å². The van der Waals surface area contributed by atoms with Crippen LogP contribution in [0.3, 0.4) is 0 Å². The highest BCUT2D eigenvalue weighted by atomic mass is 32.1. The lowest BCUT2D eigenvalue weighted by Crippen LogP contribution is -2.52. The molecule has 1 aliphatic rings. The number of aromatic hydroxyl groups is 1. The molecule has 0 aliphatic carbocycles. The zero-order valence-electron chi connectivity index (χ0n) is 14.8. The van der Waals surface area contributed by atoms with Gasteiger partial charge in [-0.3, -0.25) is 0 Å². The fraction of sp³-hybridized carbons (Fsp3) is 0.444. The van der Waals surface area contributed by atoms with Crippen LogP contribution in [-0.4, -0.2) is 53.7 Å². The number of nitrogens with zero attached hydrogens (tertiary/aromatic N) is 4. The van der Waals surface area contributed by atoms with Crippen molar-refractivity contribution in [2.24, 2.45) is 4.99 Å². The van der Waals surface area contributed by atoms with Crippen molar-refractivity contribution in [3.05, 3.63) is 40.3 Å². The summed E-state index contributed by atoms with van der Waals surface area (Å²) in [6.45, 7) is 9.11. The fourth-order valence-corrected chi connectivity index (χ4v) is 3.64. The van der Waals surface area contributed by atoms with Gasteiger partial charge in [0.2, 0.25) is 0 Å². The van der Waals surface area contributed by atoms with Gasteiger partial charge in [-0.15, -0.1) is 11.3 Å². The molecule has 2 aromatic rings. The Morgan fingerprint density at radius 1 is 1.28 bits per heavy atom. The molecule has 1 aromatic carbocycles. The minimum absolute atomic E-state index is 0.345. The Labute approximate surface area is 152 Å². The molecule has 2 heterocycles. The first kappa shape index (κ1) is 17.5. The van der Waals surface area contributed by atoms with E-state index < -0.39 is 0 Å². The summed E-state index contributed by atoms with van der Waals surface area (Å²) in [5.74, 6) is 1.30. The first-order valence-electron chi connectivity index (χ1n) is 8.64. The fourth-order valence-electron chi connectivity index (χ4n) is 2.94. The number of hydrogen-bond donors (Lipinski definition) is 2. The van der Waals surface area contributed by atoms with E-state index in [2.05, 4.69) is 27.0 Å². The van der Waals surface area contributed by atoms with Gasteiger partial charge in [-0.1, -0.05) is 12.1 Å². The Bertz CT molecular complexity index is 722. The first-order valence-corrected chi connectivity index (χ1v) is 9.52. The Hall–Kier alpha value is -2.28. The molecule has 25 heavy (non-hydrogen) atoms. The molecule has 7 heteroatoms. The summed E-state index contributed by atoms with van der Waals surface area (Å²) >= 11 is 1.66. The van der Waals surface area contributed by atoms with Crippen LogP contribution in [0.15, 0.2) is 34.8 Å². The zero-order valence-corrected chi connectivity index (χ0v) is 15.6. The van der Waals surface area contributed by atoms with Gasteiger partial charge >= 0.3 is 0 Å². The number of aryl methyl sites for hydroxylation is 1. The van der Waals surface area contributed by atoms with Crippen molar-refractivity contribution in [2.45, 2.75) is 20.4 Å². The van der Waals surface area contributed by atoms with Gasteiger partial charge in [-0.2, -0.15) is 0 Å². The second kappa shape index (κ2) is 8.20. The Morgan fingerprint density at radius 2 is 2.04 bits per heavy atom. The number of thiazole rings is 1. The number of benzene rings is 1. The predicted octanol–water partition coefficient (Wildman–Crippen LogP) is 2.44. The van der Waals surface area contributed by atoms with E-state index in [0.29, 0.717) is 12.3 Å². The molecular weight excluding hydrogens is 334 g/mol. The minimum atomic E-state index is 0.345. The van der Waals surface area contributed by atoms with Crippen LogP contribution >= 0.6 is 11.3 Å². The van der Waals surface area contributed by atoms with Crippen molar-refractivity contribution in [1.29, 1.82) is 0 Å². The van der Waals surface area contributed by atoms with E-state index >= 15 is 0 Å². The molecular formula is C18H25N5OS. The molecule has 1 aromatic heterocycles. The molecule has 3 rings (SSSR count). The Balaban J connectivity index is 1.64. The number of aliphatic imine (C=N–C) groups is 1. The van der Waals surface area contributed by atoms with Gasteiger partial charge < -0.3 is 20.2 Å². The van der Waals surface area contributed by atoms with Crippen molar-refractivity contribution < 1.29 is 5.11 Å². The molecule has 0 radical (unpaired) electrons. The number of para-hydroxylation sites is 2. The van der Waals surface area contributed by atoms with E-state index in [-0.39, 0.29) is 0 Å². The number of phenolic OH excluding ortho intramolecular Hbond substituents is 1. The maximum atomic E-state index is 10.0. The number of nitrogens with one attached hydrogen (secondary N) is 1. The van der Waals surface area contributed by atoms with Crippen molar-refractivity contribution in [3.63, 3.8) is 0 Å². The van der Waals surface area contributed by atoms with E-state index in [1.807, 2.05) is 30.6 Å². The largest absolute Gasteiger partial charge is 0.506 e. The molecule has 0 saturated carbocycles. The van der Waals surface area contributed by atoms with Crippen LogP contribution < -0.4 is 10.2 Å². The number of guanidine groups is 1. The highest BCUT2D eigenvalue weighted by Crippen LogP contribution is 2.27. The smallest absolute Gasteiger partial charge is 0.194 e. The SMILES string of the molecule is CCNC(=NCc1scnc1C)N1CCN(c2ccccc2O)CC1. The Kier molecular flexibility index (Phi) is 5.75. The summed E-state index contributed by atoms with van der Waals surface area (Å²) in [4.78, 5) is 14.8. The van der Waals surface area contributed by atoms with Crippen molar-refractivity contribution >= 4 is 23.0 Å². The standard InChI is InChI=1S/C18H25N5OS/c1-3-19-18(20-12-17-14(2)21-13-25-17)23-10-8-22(9-11-23)15-6-4-5-7-16(15)24/h4-7,13,24H,3,8-12H2,1-2H3,(H,19,20). The average molecular weight is 359 g/mol. The molecule has 0 unspecified atom stereocenters. The van der Waals surface area contributed by atoms with Crippen LogP contribution in [0.4, 0.5) is 5.69 Å². The Morgan fingerprint density at radius 3 is 2.68 bits per heavy atom. The normalized spacial score (nSPS) is 15.5. The van der Waals surface area contributed by atoms with Gasteiger partial charge in [-0.05, 0) is 26.0 Å². The molecule has 1 aliphatic heterocycles. The van der Waals surface area contributed by atoms with Crippen LogP contribution in [-0.2, 0) is 6.54 Å². The van der Waals surface area contributed by atoms with Crippen molar-refractivity contribution in [2.75, 3.05) is 37.6 Å². The lowest BCUT2D eigenvalue weighted by atomic mass is 10.2. The minimum Gasteiger partial charge on any atom is -0.506 e. The molecule has 0 amide bonds. The molecule has 0 spiro atoms. The molecule has 0 atom stereocenters. The molecule has 1 fully saturated rings. The third-order valence-electron chi connectivity index (χ3n) is 4.35. The number of piperazine rings is 1. The third-order valence-corrected chi connectivity index (χ3v) is 5.27.